The second kappa shape index (κ2) is 4.95. The lowest BCUT2D eigenvalue weighted by atomic mass is 9.96. The monoisotopic (exact) mass is 303 g/mol. The van der Waals surface area contributed by atoms with Crippen LogP contribution in [0.25, 0.3) is 5.78 Å². The summed E-state index contributed by atoms with van der Waals surface area (Å²) in [4.78, 5) is 19.5. The third-order valence-electron chi connectivity index (χ3n) is 2.75. The Morgan fingerprint density at radius 2 is 2.10 bits per heavy atom. The Labute approximate surface area is 116 Å². The van der Waals surface area contributed by atoms with Gasteiger partial charge in [-0.25, -0.2) is 9.50 Å². The quantitative estimate of drug-likeness (QED) is 0.864. The van der Waals surface area contributed by atoms with Crippen molar-refractivity contribution in [1.82, 2.24) is 24.9 Å². The molecule has 0 radical (unpaired) electrons. The Kier molecular flexibility index (Phi) is 3.58. The molecule has 2 N–H and O–H groups in total. The Balaban J connectivity index is 2.20. The summed E-state index contributed by atoms with van der Waals surface area (Å²) in [5.74, 6) is -1.14. The second-order valence-corrected chi connectivity index (χ2v) is 4.92. The van der Waals surface area contributed by atoms with E-state index in [1.807, 2.05) is 0 Å². The number of aliphatic hydroxyl groups is 1. The first kappa shape index (κ1) is 15.2. The highest BCUT2D eigenvalue weighted by Gasteiger charge is 2.49. The van der Waals surface area contributed by atoms with E-state index in [1.54, 1.807) is 6.07 Å². The molecule has 0 saturated carbocycles. The zero-order chi connectivity index (χ0) is 15.8. The normalized spacial score (nSPS) is 14.2. The van der Waals surface area contributed by atoms with Crippen LogP contribution in [0.5, 0.6) is 0 Å². The Bertz CT molecular complexity index is 634. The second-order valence-electron chi connectivity index (χ2n) is 4.92. The summed E-state index contributed by atoms with van der Waals surface area (Å²) < 4.78 is 38.8. The molecule has 1 amide bonds. The summed E-state index contributed by atoms with van der Waals surface area (Å²) in [6.45, 7) is 2.11. The molecule has 1 atom stereocenters. The van der Waals surface area contributed by atoms with Crippen molar-refractivity contribution in [2.75, 3.05) is 0 Å². The molecule has 2 aromatic heterocycles. The summed E-state index contributed by atoms with van der Waals surface area (Å²) in [6, 6.07) is 1.56. The first-order valence-corrected chi connectivity index (χ1v) is 5.86. The first-order chi connectivity index (χ1) is 9.61. The predicted molar refractivity (Wildman–Crippen MR) is 64.4 cm³/mol. The molecule has 0 aliphatic rings. The average Bonchev–Trinajstić information content (AvgIpc) is 2.80. The highest BCUT2D eigenvalue weighted by atomic mass is 19.4. The number of halogens is 3. The number of carbonyl (C=O) groups excluding carboxylic acids is 1. The maximum atomic E-state index is 12.5. The van der Waals surface area contributed by atoms with E-state index >= 15 is 0 Å². The molecule has 0 saturated heterocycles. The van der Waals surface area contributed by atoms with Crippen LogP contribution >= 0.6 is 0 Å². The lowest BCUT2D eigenvalue weighted by Gasteiger charge is -2.32. The van der Waals surface area contributed by atoms with Gasteiger partial charge in [0.15, 0.2) is 6.10 Å². The van der Waals surface area contributed by atoms with Crippen molar-refractivity contribution in [2.45, 2.75) is 31.7 Å². The molecule has 114 valence electrons. The fourth-order valence-corrected chi connectivity index (χ4v) is 1.66. The molecule has 1 unspecified atom stereocenters. The van der Waals surface area contributed by atoms with Crippen LogP contribution in [0.2, 0.25) is 0 Å². The van der Waals surface area contributed by atoms with Gasteiger partial charge in [0.05, 0.1) is 5.54 Å². The minimum absolute atomic E-state index is 0.136. The molecule has 0 aliphatic heterocycles. The minimum Gasteiger partial charge on any atom is -0.382 e. The van der Waals surface area contributed by atoms with Crippen LogP contribution < -0.4 is 5.32 Å². The van der Waals surface area contributed by atoms with Crippen molar-refractivity contribution in [1.29, 1.82) is 0 Å². The molecule has 2 heterocycles. The van der Waals surface area contributed by atoms with E-state index in [2.05, 4.69) is 20.4 Å². The SMILES string of the molecule is CC(C)(NC(=O)c1nc2ncccn2n1)C(O)C(F)(F)F. The molecule has 10 heteroatoms. The van der Waals surface area contributed by atoms with Crippen molar-refractivity contribution >= 4 is 11.7 Å². The topological polar surface area (TPSA) is 92.4 Å². The van der Waals surface area contributed by atoms with E-state index < -0.39 is 23.7 Å². The lowest BCUT2D eigenvalue weighted by Crippen LogP contribution is -2.57. The molecular formula is C11H12F3N5O2. The summed E-state index contributed by atoms with van der Waals surface area (Å²) in [5, 5.41) is 15.1. The Morgan fingerprint density at radius 3 is 2.67 bits per heavy atom. The van der Waals surface area contributed by atoms with Gasteiger partial charge in [0.25, 0.3) is 11.7 Å². The molecule has 0 aromatic carbocycles. The van der Waals surface area contributed by atoms with Crippen molar-refractivity contribution in [3.63, 3.8) is 0 Å². The van der Waals surface area contributed by atoms with Crippen LogP contribution in [-0.4, -0.2) is 48.4 Å². The van der Waals surface area contributed by atoms with Gasteiger partial charge < -0.3 is 10.4 Å². The first-order valence-electron chi connectivity index (χ1n) is 5.86. The number of hydrogen-bond donors (Lipinski definition) is 2. The largest absolute Gasteiger partial charge is 0.416 e. The molecule has 0 bridgehead atoms. The number of nitrogens with one attached hydrogen (secondary N) is 1. The molecule has 2 rings (SSSR count). The highest BCUT2D eigenvalue weighted by Crippen LogP contribution is 2.28. The van der Waals surface area contributed by atoms with E-state index in [0.29, 0.717) is 0 Å². The number of rotatable bonds is 3. The molecule has 0 spiro atoms. The summed E-state index contributed by atoms with van der Waals surface area (Å²) in [6.07, 6.45) is -4.65. The van der Waals surface area contributed by atoms with Crippen LogP contribution in [0, 0.1) is 0 Å². The zero-order valence-electron chi connectivity index (χ0n) is 11.1. The third kappa shape index (κ3) is 3.10. The summed E-state index contributed by atoms with van der Waals surface area (Å²) in [5.41, 5.74) is -1.93. The van der Waals surface area contributed by atoms with Gasteiger partial charge in [0, 0.05) is 12.4 Å². The minimum atomic E-state index is -4.86. The number of aliphatic hydroxyl groups excluding tert-OH is 1. The fourth-order valence-electron chi connectivity index (χ4n) is 1.66. The van der Waals surface area contributed by atoms with Crippen molar-refractivity contribution in [2.24, 2.45) is 0 Å². The highest BCUT2D eigenvalue weighted by molar-refractivity contribution is 5.91. The van der Waals surface area contributed by atoms with Gasteiger partial charge in [-0.3, -0.25) is 4.79 Å². The predicted octanol–water partition coefficient (Wildman–Crippen LogP) is 0.556. The summed E-state index contributed by atoms with van der Waals surface area (Å²) >= 11 is 0. The Hall–Kier alpha value is -2.23. The number of alkyl halides is 3. The van der Waals surface area contributed by atoms with E-state index in [0.717, 1.165) is 13.8 Å². The van der Waals surface area contributed by atoms with Crippen molar-refractivity contribution < 1.29 is 23.1 Å². The molecule has 21 heavy (non-hydrogen) atoms. The van der Waals surface area contributed by atoms with Gasteiger partial charge in [-0.05, 0) is 19.9 Å². The van der Waals surface area contributed by atoms with Crippen LogP contribution in [0.15, 0.2) is 18.5 Å². The lowest BCUT2D eigenvalue weighted by molar-refractivity contribution is -0.222. The molecule has 7 nitrogen and oxygen atoms in total. The maximum absolute atomic E-state index is 12.5. The zero-order valence-corrected chi connectivity index (χ0v) is 11.1. The summed E-state index contributed by atoms with van der Waals surface area (Å²) in [7, 11) is 0. The number of hydrogen-bond acceptors (Lipinski definition) is 5. The molecule has 0 fully saturated rings. The van der Waals surface area contributed by atoms with Crippen LogP contribution in [0.3, 0.4) is 0 Å². The van der Waals surface area contributed by atoms with Gasteiger partial charge in [-0.15, -0.1) is 5.10 Å². The average molecular weight is 303 g/mol. The standard InChI is InChI=1S/C11H12F3N5O2/c1-10(2,8(21)11(12,13)14)17-7(20)6-16-9-15-4-3-5-19(9)18-6/h3-5,8,21H,1-2H3,(H,17,20). The Morgan fingerprint density at radius 1 is 1.43 bits per heavy atom. The van der Waals surface area contributed by atoms with Gasteiger partial charge in [0.1, 0.15) is 0 Å². The van der Waals surface area contributed by atoms with Gasteiger partial charge >= 0.3 is 6.18 Å². The van der Waals surface area contributed by atoms with E-state index in [-0.39, 0.29) is 11.6 Å². The van der Waals surface area contributed by atoms with Gasteiger partial charge in [-0.2, -0.15) is 18.2 Å². The number of carbonyl (C=O) groups is 1. The number of fused-ring (bicyclic) bond motifs is 1. The number of nitrogens with zero attached hydrogens (tertiary/aromatic N) is 4. The van der Waals surface area contributed by atoms with Crippen molar-refractivity contribution in [3.05, 3.63) is 24.3 Å². The van der Waals surface area contributed by atoms with E-state index in [1.165, 1.54) is 16.9 Å². The third-order valence-corrected chi connectivity index (χ3v) is 2.75. The number of aromatic nitrogens is 4. The van der Waals surface area contributed by atoms with Gasteiger partial charge in [-0.1, -0.05) is 0 Å². The van der Waals surface area contributed by atoms with Crippen LogP contribution in [0.4, 0.5) is 13.2 Å². The van der Waals surface area contributed by atoms with Gasteiger partial charge in [0.2, 0.25) is 5.82 Å². The fraction of sp³-hybridized carbons (Fsp3) is 0.455. The van der Waals surface area contributed by atoms with Crippen LogP contribution in [-0.2, 0) is 0 Å². The van der Waals surface area contributed by atoms with Crippen molar-refractivity contribution in [3.8, 4) is 0 Å². The molecule has 0 aliphatic carbocycles. The molecular weight excluding hydrogens is 291 g/mol. The smallest absolute Gasteiger partial charge is 0.382 e. The van der Waals surface area contributed by atoms with Crippen LogP contribution in [0.1, 0.15) is 24.5 Å². The van der Waals surface area contributed by atoms with E-state index in [9.17, 15) is 23.1 Å². The number of amides is 1. The molecule has 2 aromatic rings. The van der Waals surface area contributed by atoms with E-state index in [4.69, 9.17) is 0 Å². The maximum Gasteiger partial charge on any atom is 0.416 e.